The molecule has 3 fully saturated rings. The predicted molar refractivity (Wildman–Crippen MR) is 81.4 cm³/mol. The lowest BCUT2D eigenvalue weighted by molar-refractivity contribution is 0.0246. The minimum atomic E-state index is 0.467. The van der Waals surface area contributed by atoms with Crippen molar-refractivity contribution in [3.05, 3.63) is 0 Å². The predicted octanol–water partition coefficient (Wildman–Crippen LogP) is 3.42. The molecule has 0 radical (unpaired) electrons. The summed E-state index contributed by atoms with van der Waals surface area (Å²) in [7, 11) is 0. The summed E-state index contributed by atoms with van der Waals surface area (Å²) < 4.78 is 0. The summed E-state index contributed by atoms with van der Waals surface area (Å²) in [6.45, 7) is 11.2. The smallest absolute Gasteiger partial charge is 0.0309 e. The highest BCUT2D eigenvalue weighted by atomic mass is 15.3. The fraction of sp³-hybridized carbons (Fsp3) is 1.00. The molecule has 3 rings (SSSR count). The summed E-state index contributed by atoms with van der Waals surface area (Å²) in [5.74, 6) is 0.774. The van der Waals surface area contributed by atoms with Gasteiger partial charge in [0, 0.05) is 31.2 Å². The van der Waals surface area contributed by atoms with Crippen LogP contribution in [0.4, 0.5) is 0 Å². The van der Waals surface area contributed by atoms with Crippen molar-refractivity contribution in [2.75, 3.05) is 19.6 Å². The fourth-order valence-corrected chi connectivity index (χ4v) is 4.27. The minimum absolute atomic E-state index is 0.467. The highest BCUT2D eigenvalue weighted by Crippen LogP contribution is 2.47. The van der Waals surface area contributed by atoms with Crippen molar-refractivity contribution in [1.29, 1.82) is 0 Å². The number of nitrogens with zero attached hydrogens (tertiary/aromatic N) is 1. The number of nitrogens with one attached hydrogen (secondary N) is 1. The van der Waals surface area contributed by atoms with Crippen LogP contribution in [-0.4, -0.2) is 36.1 Å². The van der Waals surface area contributed by atoms with Crippen molar-refractivity contribution in [3.63, 3.8) is 0 Å². The van der Waals surface area contributed by atoms with Crippen molar-refractivity contribution in [3.8, 4) is 0 Å². The minimum Gasteiger partial charge on any atom is -0.308 e. The van der Waals surface area contributed by atoms with E-state index in [4.69, 9.17) is 0 Å². The molecule has 110 valence electrons. The molecule has 0 aromatic rings. The molecule has 2 nitrogen and oxygen atoms in total. The van der Waals surface area contributed by atoms with E-state index in [1.54, 1.807) is 0 Å². The Balaban J connectivity index is 1.70. The first-order valence-electron chi connectivity index (χ1n) is 8.51. The van der Waals surface area contributed by atoms with Crippen LogP contribution in [0.1, 0.15) is 65.7 Å². The Labute approximate surface area is 119 Å². The topological polar surface area (TPSA) is 15.3 Å². The summed E-state index contributed by atoms with van der Waals surface area (Å²) in [5, 5.41) is 3.96. The Bertz CT molecular complexity index is 313. The molecule has 0 bridgehead atoms. The largest absolute Gasteiger partial charge is 0.308 e. The second-order valence-electron chi connectivity index (χ2n) is 8.25. The number of rotatable bonds is 3. The van der Waals surface area contributed by atoms with Gasteiger partial charge >= 0.3 is 0 Å². The van der Waals surface area contributed by atoms with E-state index in [0.29, 0.717) is 11.0 Å². The van der Waals surface area contributed by atoms with Crippen molar-refractivity contribution < 1.29 is 0 Å². The lowest BCUT2D eigenvalue weighted by Crippen LogP contribution is -2.66. The number of piperazine rings is 1. The van der Waals surface area contributed by atoms with Gasteiger partial charge in [-0.15, -0.1) is 0 Å². The van der Waals surface area contributed by atoms with Crippen LogP contribution >= 0.6 is 0 Å². The summed E-state index contributed by atoms with van der Waals surface area (Å²) >= 11 is 0. The molecule has 0 amide bonds. The van der Waals surface area contributed by atoms with Crippen LogP contribution in [0.25, 0.3) is 0 Å². The molecule has 0 aromatic heterocycles. The zero-order valence-electron chi connectivity index (χ0n) is 13.2. The average molecular weight is 264 g/mol. The van der Waals surface area contributed by atoms with Gasteiger partial charge in [-0.25, -0.2) is 0 Å². The molecule has 1 N–H and O–H groups in total. The number of hydrogen-bond donors (Lipinski definition) is 1. The van der Waals surface area contributed by atoms with Gasteiger partial charge in [0.05, 0.1) is 0 Å². The Morgan fingerprint density at radius 2 is 1.79 bits per heavy atom. The van der Waals surface area contributed by atoms with Crippen LogP contribution in [0.2, 0.25) is 0 Å². The Hall–Kier alpha value is -0.0800. The molecule has 1 heterocycles. The third kappa shape index (κ3) is 3.00. The summed E-state index contributed by atoms with van der Waals surface area (Å²) in [5.41, 5.74) is 1.12. The summed E-state index contributed by atoms with van der Waals surface area (Å²) in [6, 6.07) is 0.755. The van der Waals surface area contributed by atoms with E-state index in [2.05, 4.69) is 31.0 Å². The maximum Gasteiger partial charge on any atom is 0.0309 e. The van der Waals surface area contributed by atoms with Gasteiger partial charge in [-0.3, -0.25) is 4.90 Å². The van der Waals surface area contributed by atoms with E-state index in [1.807, 2.05) is 0 Å². The highest BCUT2D eigenvalue weighted by molar-refractivity contribution is 5.03. The first-order valence-corrected chi connectivity index (χ1v) is 8.51. The highest BCUT2D eigenvalue weighted by Gasteiger charge is 2.45. The molecule has 1 atom stereocenters. The zero-order valence-corrected chi connectivity index (χ0v) is 13.2. The van der Waals surface area contributed by atoms with Crippen LogP contribution in [0.3, 0.4) is 0 Å². The first kappa shape index (κ1) is 13.9. The molecule has 19 heavy (non-hydrogen) atoms. The second kappa shape index (κ2) is 5.04. The van der Waals surface area contributed by atoms with Gasteiger partial charge in [-0.05, 0) is 37.0 Å². The van der Waals surface area contributed by atoms with Gasteiger partial charge in [-0.1, -0.05) is 40.0 Å². The molecular formula is C17H32N2. The summed E-state index contributed by atoms with van der Waals surface area (Å²) in [4.78, 5) is 2.86. The lowest BCUT2D eigenvalue weighted by Gasteiger charge is -2.51. The van der Waals surface area contributed by atoms with Gasteiger partial charge in [0.15, 0.2) is 0 Å². The van der Waals surface area contributed by atoms with Gasteiger partial charge < -0.3 is 5.32 Å². The van der Waals surface area contributed by atoms with Crippen molar-refractivity contribution in [2.24, 2.45) is 11.3 Å². The maximum atomic E-state index is 3.96. The molecule has 2 saturated carbocycles. The van der Waals surface area contributed by atoms with Crippen LogP contribution in [0.5, 0.6) is 0 Å². The van der Waals surface area contributed by atoms with E-state index in [-0.39, 0.29) is 0 Å². The van der Waals surface area contributed by atoms with Gasteiger partial charge in [-0.2, -0.15) is 0 Å². The van der Waals surface area contributed by atoms with Crippen LogP contribution in [-0.2, 0) is 0 Å². The van der Waals surface area contributed by atoms with E-state index in [0.717, 1.165) is 12.0 Å². The molecule has 2 heteroatoms. The van der Waals surface area contributed by atoms with E-state index in [9.17, 15) is 0 Å². The standard InChI is InChI=1S/C17H32N2/c1-14(2)15-11-18-17(7-5-4-6-8-17)13-19(15)12-16(3)9-10-16/h14-15,18H,4-13H2,1-3H3. The SMILES string of the molecule is CC(C)C1CNC2(CCCCC2)CN1CC1(C)CC1. The van der Waals surface area contributed by atoms with E-state index < -0.39 is 0 Å². The zero-order chi connectivity index (χ0) is 13.5. The maximum absolute atomic E-state index is 3.96. The average Bonchev–Trinajstić information content (AvgIpc) is 3.07. The van der Waals surface area contributed by atoms with E-state index in [1.165, 1.54) is 64.6 Å². The third-order valence-electron chi connectivity index (χ3n) is 5.93. The van der Waals surface area contributed by atoms with Gasteiger partial charge in [0.2, 0.25) is 0 Å². The van der Waals surface area contributed by atoms with Crippen molar-refractivity contribution in [2.45, 2.75) is 77.3 Å². The van der Waals surface area contributed by atoms with Gasteiger partial charge in [0.1, 0.15) is 0 Å². The fourth-order valence-electron chi connectivity index (χ4n) is 4.27. The first-order chi connectivity index (χ1) is 9.02. The third-order valence-corrected chi connectivity index (χ3v) is 5.93. The normalized spacial score (nSPS) is 33.8. The van der Waals surface area contributed by atoms with E-state index >= 15 is 0 Å². The lowest BCUT2D eigenvalue weighted by atomic mass is 9.78. The monoisotopic (exact) mass is 264 g/mol. The molecule has 0 aromatic carbocycles. The molecule has 1 spiro atoms. The van der Waals surface area contributed by atoms with Gasteiger partial charge in [0.25, 0.3) is 0 Å². The number of hydrogen-bond acceptors (Lipinski definition) is 2. The van der Waals surface area contributed by atoms with Crippen molar-refractivity contribution in [1.82, 2.24) is 10.2 Å². The molecule has 1 aliphatic heterocycles. The molecular weight excluding hydrogens is 232 g/mol. The summed E-state index contributed by atoms with van der Waals surface area (Å²) in [6.07, 6.45) is 10.0. The van der Waals surface area contributed by atoms with Crippen LogP contribution < -0.4 is 5.32 Å². The van der Waals surface area contributed by atoms with Crippen LogP contribution in [0.15, 0.2) is 0 Å². The quantitative estimate of drug-likeness (QED) is 0.840. The molecule has 1 saturated heterocycles. The molecule has 1 unspecified atom stereocenters. The Morgan fingerprint density at radius 3 is 2.37 bits per heavy atom. The Kier molecular flexibility index (Phi) is 3.68. The van der Waals surface area contributed by atoms with Crippen molar-refractivity contribution >= 4 is 0 Å². The molecule has 3 aliphatic rings. The van der Waals surface area contributed by atoms with Crippen LogP contribution in [0, 0.1) is 11.3 Å². The Morgan fingerprint density at radius 1 is 1.11 bits per heavy atom. The second-order valence-corrected chi connectivity index (χ2v) is 8.25. The molecule has 2 aliphatic carbocycles.